The lowest BCUT2D eigenvalue weighted by atomic mass is 9.89. The maximum absolute atomic E-state index is 12.2. The molecule has 7 heteroatoms. The zero-order valence-corrected chi connectivity index (χ0v) is 12.8. The Hall–Kier alpha value is -2.18. The summed E-state index contributed by atoms with van der Waals surface area (Å²) in [5, 5.41) is 5.58. The molecule has 2 aromatic heterocycles. The van der Waals surface area contributed by atoms with Gasteiger partial charge < -0.3 is 0 Å². The molecule has 0 bridgehead atoms. The van der Waals surface area contributed by atoms with Gasteiger partial charge in [0.25, 0.3) is 11.3 Å². The largest absolute Gasteiger partial charge is 0.295 e. The quantitative estimate of drug-likeness (QED) is 0.902. The van der Waals surface area contributed by atoms with Gasteiger partial charge in [0.2, 0.25) is 11.9 Å². The Morgan fingerprint density at radius 2 is 2.14 bits per heavy atom. The van der Waals surface area contributed by atoms with Crippen LogP contribution in [-0.2, 0) is 11.2 Å². The summed E-state index contributed by atoms with van der Waals surface area (Å²) in [6.07, 6.45) is 6.89. The van der Waals surface area contributed by atoms with E-state index in [0.717, 1.165) is 44.2 Å². The predicted molar refractivity (Wildman–Crippen MR) is 82.8 cm³/mol. The number of carbonyl (C=O) groups is 1. The van der Waals surface area contributed by atoms with Gasteiger partial charge in [0.1, 0.15) is 0 Å². The Kier molecular flexibility index (Phi) is 4.22. The lowest BCUT2D eigenvalue weighted by Crippen LogP contribution is -2.25. The maximum Gasteiger partial charge on any atom is 0.274 e. The summed E-state index contributed by atoms with van der Waals surface area (Å²) in [5.41, 5.74) is 0.517. The Bertz CT molecular complexity index is 727. The first-order chi connectivity index (χ1) is 10.7. The molecule has 0 aromatic carbocycles. The number of rotatable bonds is 4. The first kappa shape index (κ1) is 14.7. The van der Waals surface area contributed by atoms with Crippen LogP contribution in [-0.4, -0.2) is 25.5 Å². The lowest BCUT2D eigenvalue weighted by Gasteiger charge is -2.19. The van der Waals surface area contributed by atoms with Crippen LogP contribution in [0.4, 0.5) is 5.95 Å². The number of anilines is 1. The number of aryl methyl sites for hydroxylation is 1. The third-order valence-corrected chi connectivity index (χ3v) is 4.11. The van der Waals surface area contributed by atoms with Crippen molar-refractivity contribution in [2.75, 3.05) is 5.32 Å². The van der Waals surface area contributed by atoms with Crippen LogP contribution in [0, 0.1) is 5.92 Å². The van der Waals surface area contributed by atoms with Gasteiger partial charge in [0, 0.05) is 12.0 Å². The van der Waals surface area contributed by atoms with Crippen molar-refractivity contribution in [3.05, 3.63) is 22.1 Å². The molecule has 7 nitrogen and oxygen atoms in total. The minimum atomic E-state index is -0.209. The maximum atomic E-state index is 12.2. The molecule has 0 atom stereocenters. The fourth-order valence-electron chi connectivity index (χ4n) is 2.95. The molecule has 0 saturated heterocycles. The zero-order chi connectivity index (χ0) is 15.5. The monoisotopic (exact) mass is 303 g/mol. The molecular formula is C15H21N5O2. The molecule has 2 aromatic rings. The van der Waals surface area contributed by atoms with Crippen molar-refractivity contribution in [3.8, 4) is 0 Å². The van der Waals surface area contributed by atoms with Crippen LogP contribution < -0.4 is 10.9 Å². The van der Waals surface area contributed by atoms with E-state index in [-0.39, 0.29) is 23.3 Å². The zero-order valence-electron chi connectivity index (χ0n) is 12.8. The number of nitrogens with one attached hydrogen (secondary N) is 2. The molecule has 0 unspecified atom stereocenters. The molecule has 1 saturated carbocycles. The summed E-state index contributed by atoms with van der Waals surface area (Å²) in [7, 11) is 0. The molecule has 3 rings (SSSR count). The molecule has 118 valence electrons. The molecule has 1 aliphatic rings. The summed E-state index contributed by atoms with van der Waals surface area (Å²) >= 11 is 0. The van der Waals surface area contributed by atoms with Crippen molar-refractivity contribution in [3.63, 3.8) is 0 Å². The normalized spacial score (nSPS) is 16.0. The molecule has 1 fully saturated rings. The molecule has 2 N–H and O–H groups in total. The van der Waals surface area contributed by atoms with E-state index in [1.165, 1.54) is 17.0 Å². The summed E-state index contributed by atoms with van der Waals surface area (Å²) in [6, 6.07) is 1.50. The average molecular weight is 303 g/mol. The topological polar surface area (TPSA) is 92.2 Å². The van der Waals surface area contributed by atoms with E-state index >= 15 is 0 Å². The molecule has 0 aliphatic heterocycles. The number of H-pyrrole nitrogens is 1. The van der Waals surface area contributed by atoms with Crippen LogP contribution in [0.1, 0.15) is 51.1 Å². The molecule has 2 heterocycles. The van der Waals surface area contributed by atoms with E-state index in [1.807, 2.05) is 6.92 Å². The van der Waals surface area contributed by atoms with Gasteiger partial charge >= 0.3 is 0 Å². The van der Waals surface area contributed by atoms with E-state index < -0.39 is 0 Å². The second-order valence-corrected chi connectivity index (χ2v) is 5.87. The Labute approximate surface area is 128 Å². The standard InChI is InChI=1S/C15H21N5O2/c1-2-6-11-9-12(21)20-15(16-11)18-14(19-20)17-13(22)10-7-4-3-5-8-10/h9-10H,2-8H2,1H3,(H2,16,17,18,19,22). The number of hydrogen-bond acceptors (Lipinski definition) is 4. The number of carbonyl (C=O) groups excluding carboxylic acids is 1. The van der Waals surface area contributed by atoms with Gasteiger partial charge in [-0.15, -0.1) is 0 Å². The van der Waals surface area contributed by atoms with E-state index in [1.54, 1.807) is 0 Å². The third kappa shape index (κ3) is 3.03. The first-order valence-electron chi connectivity index (χ1n) is 7.97. The summed E-state index contributed by atoms with van der Waals surface area (Å²) in [5.74, 6) is 0.603. The summed E-state index contributed by atoms with van der Waals surface area (Å²) < 4.78 is 1.26. The fourth-order valence-corrected chi connectivity index (χ4v) is 2.95. The molecule has 1 aliphatic carbocycles. The highest BCUT2D eigenvalue weighted by atomic mass is 16.2. The van der Waals surface area contributed by atoms with Crippen LogP contribution >= 0.6 is 0 Å². The van der Waals surface area contributed by atoms with Crippen LogP contribution in [0.25, 0.3) is 5.78 Å². The summed E-state index contributed by atoms with van der Waals surface area (Å²) in [6.45, 7) is 2.03. The van der Waals surface area contributed by atoms with Gasteiger partial charge in [-0.1, -0.05) is 32.6 Å². The SMILES string of the molecule is CCCc1cc(=O)n2[nH]c(NC(=O)C3CCCCC3)nc2n1. The van der Waals surface area contributed by atoms with Gasteiger partial charge in [-0.3, -0.25) is 20.0 Å². The molecule has 0 spiro atoms. The van der Waals surface area contributed by atoms with Gasteiger partial charge in [-0.2, -0.15) is 9.50 Å². The molecular weight excluding hydrogens is 282 g/mol. The van der Waals surface area contributed by atoms with Crippen molar-refractivity contribution in [1.82, 2.24) is 19.6 Å². The highest BCUT2D eigenvalue weighted by Gasteiger charge is 2.22. The average Bonchev–Trinajstić information content (AvgIpc) is 2.91. The van der Waals surface area contributed by atoms with E-state index in [4.69, 9.17) is 0 Å². The lowest BCUT2D eigenvalue weighted by molar-refractivity contribution is -0.120. The third-order valence-electron chi connectivity index (χ3n) is 4.11. The number of amides is 1. The van der Waals surface area contributed by atoms with Crippen molar-refractivity contribution in [2.24, 2.45) is 5.92 Å². The first-order valence-corrected chi connectivity index (χ1v) is 7.97. The van der Waals surface area contributed by atoms with Gasteiger partial charge in [-0.05, 0) is 19.3 Å². The molecule has 0 radical (unpaired) electrons. The molecule has 22 heavy (non-hydrogen) atoms. The van der Waals surface area contributed by atoms with Crippen LogP contribution in [0.3, 0.4) is 0 Å². The smallest absolute Gasteiger partial charge is 0.274 e. The van der Waals surface area contributed by atoms with Gasteiger partial charge in [0.05, 0.1) is 5.69 Å². The van der Waals surface area contributed by atoms with Crippen LogP contribution in [0.15, 0.2) is 10.9 Å². The molecule has 1 amide bonds. The van der Waals surface area contributed by atoms with E-state index in [0.29, 0.717) is 5.78 Å². The second-order valence-electron chi connectivity index (χ2n) is 5.87. The van der Waals surface area contributed by atoms with Crippen molar-refractivity contribution in [1.29, 1.82) is 0 Å². The number of nitrogens with zero attached hydrogens (tertiary/aromatic N) is 3. The fraction of sp³-hybridized carbons (Fsp3) is 0.600. The Morgan fingerprint density at radius 3 is 2.86 bits per heavy atom. The van der Waals surface area contributed by atoms with Crippen LogP contribution in [0.2, 0.25) is 0 Å². The van der Waals surface area contributed by atoms with Crippen LogP contribution in [0.5, 0.6) is 0 Å². The van der Waals surface area contributed by atoms with Crippen molar-refractivity contribution < 1.29 is 4.79 Å². The summed E-state index contributed by atoms with van der Waals surface area (Å²) in [4.78, 5) is 32.8. The Balaban J connectivity index is 1.81. The van der Waals surface area contributed by atoms with E-state index in [9.17, 15) is 9.59 Å². The van der Waals surface area contributed by atoms with Gasteiger partial charge in [0.15, 0.2) is 0 Å². The predicted octanol–water partition coefficient (Wildman–Crippen LogP) is 1.89. The number of fused-ring (bicyclic) bond motifs is 1. The van der Waals surface area contributed by atoms with Gasteiger partial charge in [-0.25, -0.2) is 4.98 Å². The minimum Gasteiger partial charge on any atom is -0.295 e. The number of aromatic nitrogens is 4. The van der Waals surface area contributed by atoms with E-state index in [2.05, 4.69) is 20.4 Å². The highest BCUT2D eigenvalue weighted by molar-refractivity contribution is 5.91. The Morgan fingerprint density at radius 1 is 1.36 bits per heavy atom. The van der Waals surface area contributed by atoms with Crippen molar-refractivity contribution >= 4 is 17.6 Å². The second kappa shape index (κ2) is 6.29. The number of hydrogen-bond donors (Lipinski definition) is 2. The highest BCUT2D eigenvalue weighted by Crippen LogP contribution is 2.24. The minimum absolute atomic E-state index is 0.0272. The van der Waals surface area contributed by atoms with Crippen molar-refractivity contribution in [2.45, 2.75) is 51.9 Å². The number of aromatic amines is 1.